The Labute approximate surface area is 115 Å². The van der Waals surface area contributed by atoms with Crippen LogP contribution in [0.5, 0.6) is 5.75 Å². The maximum atomic E-state index is 11.6. The van der Waals surface area contributed by atoms with Gasteiger partial charge in [-0.15, -0.1) is 0 Å². The molecule has 0 bridgehead atoms. The highest BCUT2D eigenvalue weighted by atomic mass is 32.2. The molecule has 1 rings (SSSR count). The number of rotatable bonds is 5. The van der Waals surface area contributed by atoms with E-state index in [2.05, 4.69) is 9.47 Å². The van der Waals surface area contributed by atoms with Gasteiger partial charge in [0.25, 0.3) is 0 Å². The number of primary sulfonamides is 1. The molecule has 0 atom stereocenters. The van der Waals surface area contributed by atoms with Crippen molar-refractivity contribution in [3.63, 3.8) is 0 Å². The Morgan fingerprint density at radius 2 is 1.90 bits per heavy atom. The largest absolute Gasteiger partial charge is 0.495 e. The van der Waals surface area contributed by atoms with Gasteiger partial charge in [0.1, 0.15) is 10.6 Å². The number of hydrogen-bond donors (Lipinski definition) is 1. The van der Waals surface area contributed by atoms with E-state index in [0.717, 1.165) is 13.2 Å². The third-order valence-electron chi connectivity index (χ3n) is 2.25. The SMILES string of the molecule is COC(=O)COC(=O)c1ccc(OC)c(S(N)(=O)=O)c1. The van der Waals surface area contributed by atoms with Crippen LogP contribution in [0.3, 0.4) is 0 Å². The summed E-state index contributed by atoms with van der Waals surface area (Å²) in [6.45, 7) is -0.577. The van der Waals surface area contributed by atoms with Gasteiger partial charge in [-0.05, 0) is 18.2 Å². The Hall–Kier alpha value is -2.13. The zero-order valence-electron chi connectivity index (χ0n) is 10.8. The second kappa shape index (κ2) is 6.35. The molecular formula is C11H13NO7S. The predicted octanol–water partition coefficient (Wildman–Crippen LogP) is -0.328. The van der Waals surface area contributed by atoms with E-state index in [0.29, 0.717) is 0 Å². The molecule has 1 aromatic rings. The number of esters is 2. The Morgan fingerprint density at radius 1 is 1.25 bits per heavy atom. The number of sulfonamides is 1. The maximum absolute atomic E-state index is 11.6. The van der Waals surface area contributed by atoms with Crippen LogP contribution in [0.4, 0.5) is 0 Å². The molecule has 0 saturated carbocycles. The van der Waals surface area contributed by atoms with Gasteiger partial charge in [0.05, 0.1) is 19.8 Å². The van der Waals surface area contributed by atoms with E-state index < -0.39 is 28.6 Å². The summed E-state index contributed by atoms with van der Waals surface area (Å²) in [5.74, 6) is -1.63. The molecule has 110 valence electrons. The minimum atomic E-state index is -4.06. The standard InChI is InChI=1S/C11H13NO7S/c1-17-8-4-3-7(5-9(8)20(12,15)16)11(14)19-6-10(13)18-2/h3-5H,6H2,1-2H3,(H2,12,15,16). The zero-order valence-corrected chi connectivity index (χ0v) is 11.6. The summed E-state index contributed by atoms with van der Waals surface area (Å²) < 4.78 is 36.5. The smallest absolute Gasteiger partial charge is 0.344 e. The second-order valence-corrected chi connectivity index (χ2v) is 5.09. The van der Waals surface area contributed by atoms with Crippen LogP contribution in [0.2, 0.25) is 0 Å². The Bertz CT molecular complexity index is 624. The lowest BCUT2D eigenvalue weighted by atomic mass is 10.2. The van der Waals surface area contributed by atoms with Gasteiger partial charge in [0, 0.05) is 0 Å². The van der Waals surface area contributed by atoms with E-state index in [4.69, 9.17) is 9.88 Å². The van der Waals surface area contributed by atoms with Crippen molar-refractivity contribution in [1.82, 2.24) is 0 Å². The van der Waals surface area contributed by atoms with Gasteiger partial charge in [-0.25, -0.2) is 23.1 Å². The van der Waals surface area contributed by atoms with Gasteiger partial charge >= 0.3 is 11.9 Å². The molecule has 0 radical (unpaired) electrons. The molecule has 0 aliphatic carbocycles. The first kappa shape index (κ1) is 15.9. The summed E-state index contributed by atoms with van der Waals surface area (Å²) in [5.41, 5.74) is -0.0845. The summed E-state index contributed by atoms with van der Waals surface area (Å²) in [5, 5.41) is 5.01. The lowest BCUT2D eigenvalue weighted by Gasteiger charge is -2.08. The average Bonchev–Trinajstić information content (AvgIpc) is 2.42. The van der Waals surface area contributed by atoms with Crippen LogP contribution in [-0.2, 0) is 24.3 Å². The van der Waals surface area contributed by atoms with Gasteiger partial charge in [-0.1, -0.05) is 0 Å². The minimum Gasteiger partial charge on any atom is -0.495 e. The van der Waals surface area contributed by atoms with Crippen LogP contribution in [0, 0.1) is 0 Å². The number of methoxy groups -OCH3 is 2. The normalized spacial score (nSPS) is 10.8. The first-order valence-electron chi connectivity index (χ1n) is 5.24. The molecule has 1 aromatic carbocycles. The van der Waals surface area contributed by atoms with Crippen LogP contribution in [-0.4, -0.2) is 41.2 Å². The molecule has 20 heavy (non-hydrogen) atoms. The monoisotopic (exact) mass is 303 g/mol. The quantitative estimate of drug-likeness (QED) is 0.739. The van der Waals surface area contributed by atoms with Crippen LogP contribution >= 0.6 is 0 Å². The molecule has 0 heterocycles. The first-order chi connectivity index (χ1) is 9.29. The van der Waals surface area contributed by atoms with Crippen molar-refractivity contribution < 1.29 is 32.2 Å². The van der Waals surface area contributed by atoms with Gasteiger partial charge in [0.2, 0.25) is 10.0 Å². The molecular weight excluding hydrogens is 290 g/mol. The third-order valence-corrected chi connectivity index (χ3v) is 3.19. The van der Waals surface area contributed by atoms with E-state index in [9.17, 15) is 18.0 Å². The van der Waals surface area contributed by atoms with Crippen LogP contribution < -0.4 is 9.88 Å². The molecule has 0 fully saturated rings. The lowest BCUT2D eigenvalue weighted by molar-refractivity contribution is -0.144. The Balaban J connectivity index is 3.03. The van der Waals surface area contributed by atoms with Crippen LogP contribution in [0.25, 0.3) is 0 Å². The highest BCUT2D eigenvalue weighted by Crippen LogP contribution is 2.24. The molecule has 0 aromatic heterocycles. The topological polar surface area (TPSA) is 122 Å². The number of carbonyl (C=O) groups is 2. The fourth-order valence-corrected chi connectivity index (χ4v) is 2.02. The summed E-state index contributed by atoms with van der Waals surface area (Å²) in [7, 11) is -1.66. The van der Waals surface area contributed by atoms with E-state index in [1.807, 2.05) is 0 Å². The van der Waals surface area contributed by atoms with Crippen molar-refractivity contribution in [2.24, 2.45) is 5.14 Å². The number of hydrogen-bond acceptors (Lipinski definition) is 7. The fraction of sp³-hybridized carbons (Fsp3) is 0.273. The zero-order chi connectivity index (χ0) is 15.3. The molecule has 0 spiro atoms. The van der Waals surface area contributed by atoms with Crippen molar-refractivity contribution in [3.8, 4) is 5.75 Å². The fourth-order valence-electron chi connectivity index (χ4n) is 1.29. The van der Waals surface area contributed by atoms with Gasteiger partial charge in [0.15, 0.2) is 6.61 Å². The minimum absolute atomic E-state index is 0.00276. The third kappa shape index (κ3) is 3.93. The highest BCUT2D eigenvalue weighted by molar-refractivity contribution is 7.89. The molecule has 0 amide bonds. The summed E-state index contributed by atoms with van der Waals surface area (Å²) in [6, 6.07) is 3.55. The van der Waals surface area contributed by atoms with Gasteiger partial charge < -0.3 is 14.2 Å². The van der Waals surface area contributed by atoms with E-state index in [-0.39, 0.29) is 16.2 Å². The van der Waals surface area contributed by atoms with E-state index in [1.165, 1.54) is 19.2 Å². The first-order valence-corrected chi connectivity index (χ1v) is 6.79. The lowest BCUT2D eigenvalue weighted by Crippen LogP contribution is -2.17. The van der Waals surface area contributed by atoms with Gasteiger partial charge in [-0.2, -0.15) is 0 Å². The van der Waals surface area contributed by atoms with Crippen molar-refractivity contribution in [3.05, 3.63) is 23.8 Å². The summed E-state index contributed by atoms with van der Waals surface area (Å²) in [4.78, 5) is 22.1. The molecule has 0 aliphatic heterocycles. The summed E-state index contributed by atoms with van der Waals surface area (Å²) >= 11 is 0. The summed E-state index contributed by atoms with van der Waals surface area (Å²) in [6.07, 6.45) is 0. The molecule has 0 unspecified atom stereocenters. The predicted molar refractivity (Wildman–Crippen MR) is 66.7 cm³/mol. The van der Waals surface area contributed by atoms with Crippen molar-refractivity contribution in [1.29, 1.82) is 0 Å². The molecule has 0 saturated heterocycles. The number of benzene rings is 1. The molecule has 0 aliphatic rings. The molecule has 8 nitrogen and oxygen atoms in total. The average molecular weight is 303 g/mol. The Kier molecular flexibility index (Phi) is 5.06. The van der Waals surface area contributed by atoms with Crippen molar-refractivity contribution >= 4 is 22.0 Å². The van der Waals surface area contributed by atoms with Crippen molar-refractivity contribution in [2.45, 2.75) is 4.90 Å². The molecule has 9 heteroatoms. The highest BCUT2D eigenvalue weighted by Gasteiger charge is 2.19. The van der Waals surface area contributed by atoms with E-state index in [1.54, 1.807) is 0 Å². The second-order valence-electron chi connectivity index (χ2n) is 3.56. The van der Waals surface area contributed by atoms with Crippen LogP contribution in [0.15, 0.2) is 23.1 Å². The van der Waals surface area contributed by atoms with Crippen LogP contribution in [0.1, 0.15) is 10.4 Å². The van der Waals surface area contributed by atoms with Gasteiger partial charge in [-0.3, -0.25) is 0 Å². The number of ether oxygens (including phenoxy) is 3. The number of carbonyl (C=O) groups excluding carboxylic acids is 2. The molecule has 2 N–H and O–H groups in total. The van der Waals surface area contributed by atoms with Crippen molar-refractivity contribution in [2.75, 3.05) is 20.8 Å². The maximum Gasteiger partial charge on any atom is 0.344 e. The van der Waals surface area contributed by atoms with E-state index >= 15 is 0 Å². The number of nitrogens with two attached hydrogens (primary N) is 1. The Morgan fingerprint density at radius 3 is 2.40 bits per heavy atom.